The molecule has 0 radical (unpaired) electrons. The number of guanidine groups is 1. The first kappa shape index (κ1) is 16.2. The van der Waals surface area contributed by atoms with Crippen LogP contribution < -0.4 is 10.1 Å². The Morgan fingerprint density at radius 1 is 1.29 bits per heavy atom. The van der Waals surface area contributed by atoms with E-state index in [2.05, 4.69) is 38.2 Å². The molecule has 1 aliphatic rings. The highest BCUT2D eigenvalue weighted by atomic mass is 16.5. The Labute approximate surface area is 142 Å². The Morgan fingerprint density at radius 2 is 2.17 bits per heavy atom. The van der Waals surface area contributed by atoms with Crippen molar-refractivity contribution in [1.29, 1.82) is 0 Å². The molecule has 0 aromatic carbocycles. The summed E-state index contributed by atoms with van der Waals surface area (Å²) in [5.41, 5.74) is 2.22. The van der Waals surface area contributed by atoms with E-state index in [9.17, 15) is 0 Å². The highest BCUT2D eigenvalue weighted by Crippen LogP contribution is 2.16. The predicted octanol–water partition coefficient (Wildman–Crippen LogP) is 2.01. The standard InChI is InChI=1S/C18H23N5O/c1-14-6-5-10-20-16(14)12-22-18(19-2)23-11-8-15(13-23)24-17-7-3-4-9-21-17/h3-7,9-10,15H,8,11-13H2,1-2H3,(H,19,22). The minimum atomic E-state index is 0.134. The quantitative estimate of drug-likeness (QED) is 0.688. The Morgan fingerprint density at radius 3 is 2.92 bits per heavy atom. The number of nitrogens with one attached hydrogen (secondary N) is 1. The van der Waals surface area contributed by atoms with Crippen molar-refractivity contribution in [3.8, 4) is 5.88 Å². The number of ether oxygens (including phenoxy) is 1. The lowest BCUT2D eigenvalue weighted by Gasteiger charge is -2.21. The molecule has 0 saturated carbocycles. The van der Waals surface area contributed by atoms with Gasteiger partial charge < -0.3 is 15.0 Å². The first-order valence-electron chi connectivity index (χ1n) is 8.20. The second-order valence-electron chi connectivity index (χ2n) is 5.81. The van der Waals surface area contributed by atoms with Crippen LogP contribution in [0.5, 0.6) is 5.88 Å². The minimum Gasteiger partial charge on any atom is -0.472 e. The molecule has 2 aromatic heterocycles. The molecule has 1 N–H and O–H groups in total. The van der Waals surface area contributed by atoms with Gasteiger partial charge in [-0.25, -0.2) is 4.98 Å². The zero-order valence-corrected chi connectivity index (χ0v) is 14.1. The summed E-state index contributed by atoms with van der Waals surface area (Å²) >= 11 is 0. The Hall–Kier alpha value is -2.63. The Balaban J connectivity index is 1.54. The zero-order chi connectivity index (χ0) is 16.8. The van der Waals surface area contributed by atoms with Crippen molar-refractivity contribution >= 4 is 5.96 Å². The van der Waals surface area contributed by atoms with Crippen LogP contribution in [-0.2, 0) is 6.54 Å². The van der Waals surface area contributed by atoms with Crippen molar-refractivity contribution in [1.82, 2.24) is 20.2 Å². The van der Waals surface area contributed by atoms with E-state index in [0.717, 1.165) is 31.2 Å². The summed E-state index contributed by atoms with van der Waals surface area (Å²) in [5, 5.41) is 3.40. The number of hydrogen-bond donors (Lipinski definition) is 1. The topological polar surface area (TPSA) is 62.6 Å². The number of aromatic nitrogens is 2. The lowest BCUT2D eigenvalue weighted by Crippen LogP contribution is -2.40. The second-order valence-corrected chi connectivity index (χ2v) is 5.81. The van der Waals surface area contributed by atoms with Gasteiger partial charge in [0.15, 0.2) is 5.96 Å². The molecule has 1 unspecified atom stereocenters. The lowest BCUT2D eigenvalue weighted by atomic mass is 10.2. The van der Waals surface area contributed by atoms with E-state index in [0.29, 0.717) is 12.4 Å². The monoisotopic (exact) mass is 325 g/mol. The number of likely N-dealkylation sites (tertiary alicyclic amines) is 1. The van der Waals surface area contributed by atoms with E-state index in [-0.39, 0.29) is 6.10 Å². The largest absolute Gasteiger partial charge is 0.472 e. The fraction of sp³-hybridized carbons (Fsp3) is 0.389. The van der Waals surface area contributed by atoms with E-state index in [1.165, 1.54) is 5.56 Å². The number of nitrogens with zero attached hydrogens (tertiary/aromatic N) is 4. The van der Waals surface area contributed by atoms with Gasteiger partial charge in [0.05, 0.1) is 18.8 Å². The molecule has 126 valence electrons. The van der Waals surface area contributed by atoms with Crippen LogP contribution in [0.15, 0.2) is 47.7 Å². The third-order valence-electron chi connectivity index (χ3n) is 4.11. The molecule has 0 spiro atoms. The van der Waals surface area contributed by atoms with Crippen LogP contribution in [-0.4, -0.2) is 47.1 Å². The normalized spacial score (nSPS) is 17.8. The number of aliphatic imine (C=N–C) groups is 1. The van der Waals surface area contributed by atoms with E-state index in [1.807, 2.05) is 30.5 Å². The van der Waals surface area contributed by atoms with Crippen molar-refractivity contribution < 1.29 is 4.74 Å². The molecule has 0 amide bonds. The minimum absolute atomic E-state index is 0.134. The first-order chi connectivity index (χ1) is 11.8. The average Bonchev–Trinajstić information content (AvgIpc) is 3.06. The Bertz CT molecular complexity index is 689. The predicted molar refractivity (Wildman–Crippen MR) is 94.0 cm³/mol. The van der Waals surface area contributed by atoms with Gasteiger partial charge in [-0.05, 0) is 24.6 Å². The van der Waals surface area contributed by atoms with Crippen LogP contribution in [0.2, 0.25) is 0 Å². The molecule has 24 heavy (non-hydrogen) atoms. The van der Waals surface area contributed by atoms with Crippen LogP contribution in [0.25, 0.3) is 0 Å². The van der Waals surface area contributed by atoms with E-state index in [4.69, 9.17) is 4.74 Å². The summed E-state index contributed by atoms with van der Waals surface area (Å²) < 4.78 is 5.93. The fourth-order valence-corrected chi connectivity index (χ4v) is 2.80. The van der Waals surface area contributed by atoms with Gasteiger partial charge in [-0.2, -0.15) is 0 Å². The molecule has 1 fully saturated rings. The van der Waals surface area contributed by atoms with E-state index >= 15 is 0 Å². The summed E-state index contributed by atoms with van der Waals surface area (Å²) in [5.74, 6) is 1.56. The maximum atomic E-state index is 5.93. The van der Waals surface area contributed by atoms with E-state index in [1.54, 1.807) is 13.2 Å². The van der Waals surface area contributed by atoms with Crippen molar-refractivity contribution in [2.45, 2.75) is 26.0 Å². The smallest absolute Gasteiger partial charge is 0.213 e. The average molecular weight is 325 g/mol. The Kier molecular flexibility index (Phi) is 5.25. The van der Waals surface area contributed by atoms with Gasteiger partial charge in [0, 0.05) is 38.5 Å². The fourth-order valence-electron chi connectivity index (χ4n) is 2.80. The van der Waals surface area contributed by atoms with Crippen LogP contribution in [0.1, 0.15) is 17.7 Å². The maximum absolute atomic E-state index is 5.93. The van der Waals surface area contributed by atoms with Crippen molar-refractivity contribution in [2.24, 2.45) is 4.99 Å². The summed E-state index contributed by atoms with van der Waals surface area (Å²) in [6.45, 7) is 4.46. The van der Waals surface area contributed by atoms with Crippen LogP contribution in [0.3, 0.4) is 0 Å². The molecule has 6 heteroatoms. The van der Waals surface area contributed by atoms with Crippen LogP contribution in [0.4, 0.5) is 0 Å². The molecular formula is C18H23N5O. The van der Waals surface area contributed by atoms with Gasteiger partial charge in [-0.15, -0.1) is 0 Å². The van der Waals surface area contributed by atoms with Crippen molar-refractivity contribution in [2.75, 3.05) is 20.1 Å². The zero-order valence-electron chi connectivity index (χ0n) is 14.1. The molecule has 0 aliphatic carbocycles. The van der Waals surface area contributed by atoms with E-state index < -0.39 is 0 Å². The molecule has 0 bridgehead atoms. The highest BCUT2D eigenvalue weighted by molar-refractivity contribution is 5.80. The molecular weight excluding hydrogens is 302 g/mol. The second kappa shape index (κ2) is 7.77. The van der Waals surface area contributed by atoms with Gasteiger partial charge in [-0.1, -0.05) is 12.1 Å². The van der Waals surface area contributed by atoms with Gasteiger partial charge in [0.25, 0.3) is 0 Å². The summed E-state index contributed by atoms with van der Waals surface area (Å²) in [7, 11) is 1.81. The number of hydrogen-bond acceptors (Lipinski definition) is 4. The molecule has 1 saturated heterocycles. The molecule has 2 aromatic rings. The summed E-state index contributed by atoms with van der Waals surface area (Å²) in [6.07, 6.45) is 4.66. The number of rotatable bonds is 4. The van der Waals surface area contributed by atoms with Gasteiger partial charge in [0.1, 0.15) is 6.10 Å². The van der Waals surface area contributed by atoms with Gasteiger partial charge in [0.2, 0.25) is 5.88 Å². The SMILES string of the molecule is CN=C(NCc1ncccc1C)N1CCC(Oc2ccccn2)C1. The number of pyridine rings is 2. The van der Waals surface area contributed by atoms with Crippen molar-refractivity contribution in [3.63, 3.8) is 0 Å². The summed E-state index contributed by atoms with van der Waals surface area (Å²) in [4.78, 5) is 15.2. The van der Waals surface area contributed by atoms with Gasteiger partial charge in [-0.3, -0.25) is 9.98 Å². The molecule has 1 atom stereocenters. The van der Waals surface area contributed by atoms with Crippen molar-refractivity contribution in [3.05, 3.63) is 54.0 Å². The van der Waals surface area contributed by atoms with Crippen LogP contribution >= 0.6 is 0 Å². The third kappa shape index (κ3) is 4.01. The maximum Gasteiger partial charge on any atom is 0.213 e. The number of aryl methyl sites for hydroxylation is 1. The molecule has 3 heterocycles. The van der Waals surface area contributed by atoms with Gasteiger partial charge >= 0.3 is 0 Å². The lowest BCUT2D eigenvalue weighted by molar-refractivity contribution is 0.205. The first-order valence-corrected chi connectivity index (χ1v) is 8.20. The molecule has 3 rings (SSSR count). The highest BCUT2D eigenvalue weighted by Gasteiger charge is 2.26. The molecule has 1 aliphatic heterocycles. The summed E-state index contributed by atoms with van der Waals surface area (Å²) in [6, 6.07) is 9.73. The third-order valence-corrected chi connectivity index (χ3v) is 4.11. The van der Waals surface area contributed by atoms with Crippen LogP contribution in [0, 0.1) is 6.92 Å². The molecule has 6 nitrogen and oxygen atoms in total.